The third-order valence-corrected chi connectivity index (χ3v) is 11.3. The summed E-state index contributed by atoms with van der Waals surface area (Å²) >= 11 is 0. The van der Waals surface area contributed by atoms with E-state index in [1.54, 1.807) is 0 Å². The van der Waals surface area contributed by atoms with Gasteiger partial charge in [-0.2, -0.15) is 0 Å². The summed E-state index contributed by atoms with van der Waals surface area (Å²) in [5.74, 6) is 0.989. The molecule has 0 saturated carbocycles. The Hall–Kier alpha value is -0.586. The van der Waals surface area contributed by atoms with E-state index >= 15 is 0 Å². The van der Waals surface area contributed by atoms with E-state index in [4.69, 9.17) is 8.85 Å². The summed E-state index contributed by atoms with van der Waals surface area (Å²) in [5, 5.41) is 0. The van der Waals surface area contributed by atoms with Crippen molar-refractivity contribution in [3.8, 4) is 5.75 Å². The summed E-state index contributed by atoms with van der Waals surface area (Å²) in [6.07, 6.45) is 0.313. The molecule has 0 amide bonds. The third kappa shape index (κ3) is 5.84. The van der Waals surface area contributed by atoms with Crippen LogP contribution in [0.2, 0.25) is 31.9 Å². The van der Waals surface area contributed by atoms with E-state index in [1.807, 2.05) is 30.3 Å². The molecule has 0 aliphatic rings. The van der Waals surface area contributed by atoms with Crippen LogP contribution in [0, 0.1) is 0 Å². The maximum Gasteiger partial charge on any atom is 0.244 e. The molecule has 0 radical (unpaired) electrons. The molecule has 1 aromatic carbocycles. The molecule has 0 aromatic heterocycles. The summed E-state index contributed by atoms with van der Waals surface area (Å²) in [4.78, 5) is 0. The maximum absolute atomic E-state index is 6.21. The lowest BCUT2D eigenvalue weighted by molar-refractivity contribution is 0.233. The monoisotopic (exact) mass is 282 g/mol. The number of hydrogen-bond acceptors (Lipinski definition) is 2. The van der Waals surface area contributed by atoms with E-state index in [0.717, 1.165) is 11.4 Å². The van der Waals surface area contributed by atoms with Gasteiger partial charge < -0.3 is 8.85 Å². The van der Waals surface area contributed by atoms with Crippen LogP contribution in [0.4, 0.5) is 0 Å². The molecule has 4 heteroatoms. The van der Waals surface area contributed by atoms with Crippen molar-refractivity contribution in [3.05, 3.63) is 30.3 Å². The summed E-state index contributed by atoms with van der Waals surface area (Å²) < 4.78 is 12.3. The number of rotatable bonds is 6. The van der Waals surface area contributed by atoms with Crippen molar-refractivity contribution >= 4 is 16.6 Å². The van der Waals surface area contributed by atoms with Crippen LogP contribution in [0.1, 0.15) is 13.8 Å². The fraction of sp³-hybridized carbons (Fsp3) is 0.571. The predicted octanol–water partition coefficient (Wildman–Crippen LogP) is 4.44. The first-order chi connectivity index (χ1) is 8.20. The van der Waals surface area contributed by atoms with Gasteiger partial charge in [0, 0.05) is 6.10 Å². The molecule has 0 aliphatic heterocycles. The molecule has 1 rings (SSSR count). The van der Waals surface area contributed by atoms with Gasteiger partial charge in [0.15, 0.2) is 8.32 Å². The van der Waals surface area contributed by atoms with Gasteiger partial charge in [-0.05, 0) is 57.8 Å². The first-order valence-electron chi connectivity index (χ1n) is 6.62. The van der Waals surface area contributed by atoms with E-state index in [2.05, 4.69) is 40.0 Å². The summed E-state index contributed by atoms with van der Waals surface area (Å²) in [6.45, 7) is 13.4. The topological polar surface area (TPSA) is 18.5 Å². The molecule has 0 bridgehead atoms. The van der Waals surface area contributed by atoms with Crippen molar-refractivity contribution in [2.45, 2.75) is 51.8 Å². The van der Waals surface area contributed by atoms with Gasteiger partial charge in [-0.25, -0.2) is 0 Å². The van der Waals surface area contributed by atoms with Crippen LogP contribution in [0.25, 0.3) is 0 Å². The van der Waals surface area contributed by atoms with E-state index in [0.29, 0.717) is 6.10 Å². The van der Waals surface area contributed by atoms with Crippen LogP contribution in [0.5, 0.6) is 5.75 Å². The molecule has 0 unspecified atom stereocenters. The number of para-hydroxylation sites is 1. The second kappa shape index (κ2) is 6.04. The van der Waals surface area contributed by atoms with Gasteiger partial charge in [-0.1, -0.05) is 18.2 Å². The standard InChI is InChI=1S/C14H26O2Si2/c1-13(2)15-17(3,4)12-18(5,6)16-14-10-8-7-9-11-14/h7-11,13H,12H2,1-6H3. The van der Waals surface area contributed by atoms with E-state index < -0.39 is 16.6 Å². The molecule has 0 heterocycles. The zero-order valence-electron chi connectivity index (χ0n) is 12.5. The summed E-state index contributed by atoms with van der Waals surface area (Å²) in [6, 6.07) is 10.1. The highest BCUT2D eigenvalue weighted by molar-refractivity contribution is 6.89. The Balaban J connectivity index is 2.64. The molecule has 0 spiro atoms. The molecule has 0 saturated heterocycles. The van der Waals surface area contributed by atoms with E-state index in [9.17, 15) is 0 Å². The van der Waals surface area contributed by atoms with Gasteiger partial charge in [-0.15, -0.1) is 0 Å². The lowest BCUT2D eigenvalue weighted by atomic mass is 10.3. The van der Waals surface area contributed by atoms with Crippen molar-refractivity contribution in [3.63, 3.8) is 0 Å². The smallest absolute Gasteiger partial charge is 0.244 e. The maximum atomic E-state index is 6.21. The van der Waals surface area contributed by atoms with Crippen LogP contribution in [0.15, 0.2) is 30.3 Å². The average molecular weight is 283 g/mol. The molecular formula is C14H26O2Si2. The Morgan fingerprint density at radius 2 is 1.50 bits per heavy atom. The fourth-order valence-corrected chi connectivity index (χ4v) is 13.4. The SMILES string of the molecule is CC(C)O[Si](C)(C)C[Si](C)(C)Oc1ccccc1. The zero-order valence-corrected chi connectivity index (χ0v) is 14.5. The van der Waals surface area contributed by atoms with Gasteiger partial charge in [0.05, 0.1) is 0 Å². The molecule has 102 valence electrons. The largest absolute Gasteiger partial charge is 0.544 e. The van der Waals surface area contributed by atoms with Crippen molar-refractivity contribution < 1.29 is 8.85 Å². The molecule has 0 fully saturated rings. The van der Waals surface area contributed by atoms with Crippen LogP contribution in [-0.2, 0) is 4.43 Å². The van der Waals surface area contributed by atoms with Gasteiger partial charge in [0.2, 0.25) is 8.32 Å². The number of benzene rings is 1. The van der Waals surface area contributed by atoms with Crippen molar-refractivity contribution in [1.82, 2.24) is 0 Å². The summed E-state index contributed by atoms with van der Waals surface area (Å²) in [5.41, 5.74) is 1.12. The molecule has 0 atom stereocenters. The second-order valence-electron chi connectivity index (χ2n) is 6.28. The average Bonchev–Trinajstić information content (AvgIpc) is 2.13. The third-order valence-electron chi connectivity index (χ3n) is 2.54. The Bertz CT molecular complexity index is 361. The molecule has 2 nitrogen and oxygen atoms in total. The molecular weight excluding hydrogens is 256 g/mol. The van der Waals surface area contributed by atoms with Crippen molar-refractivity contribution in [2.24, 2.45) is 0 Å². The number of hydrogen-bond donors (Lipinski definition) is 0. The van der Waals surface area contributed by atoms with E-state index in [-0.39, 0.29) is 0 Å². The zero-order chi connectivity index (χ0) is 13.8. The highest BCUT2D eigenvalue weighted by Gasteiger charge is 2.36. The highest BCUT2D eigenvalue weighted by Crippen LogP contribution is 2.25. The van der Waals surface area contributed by atoms with Crippen LogP contribution < -0.4 is 4.43 Å². The van der Waals surface area contributed by atoms with Crippen molar-refractivity contribution in [1.29, 1.82) is 0 Å². The van der Waals surface area contributed by atoms with Crippen molar-refractivity contribution in [2.75, 3.05) is 0 Å². The Labute approximate surface area is 114 Å². The highest BCUT2D eigenvalue weighted by atomic mass is 28.4. The predicted molar refractivity (Wildman–Crippen MR) is 83.1 cm³/mol. The quantitative estimate of drug-likeness (QED) is 0.718. The van der Waals surface area contributed by atoms with Crippen LogP contribution in [0.3, 0.4) is 0 Å². The molecule has 18 heavy (non-hydrogen) atoms. The van der Waals surface area contributed by atoms with Gasteiger partial charge in [-0.3, -0.25) is 0 Å². The van der Waals surface area contributed by atoms with Gasteiger partial charge >= 0.3 is 0 Å². The lowest BCUT2D eigenvalue weighted by Gasteiger charge is -2.33. The first-order valence-corrected chi connectivity index (χ1v) is 12.9. The summed E-state index contributed by atoms with van der Waals surface area (Å²) in [7, 11) is -3.33. The normalized spacial score (nSPS) is 12.8. The molecule has 0 aliphatic carbocycles. The van der Waals surface area contributed by atoms with Gasteiger partial charge in [0.25, 0.3) is 0 Å². The minimum absolute atomic E-state index is 0.313. The fourth-order valence-electron chi connectivity index (χ4n) is 2.55. The Morgan fingerprint density at radius 1 is 0.944 bits per heavy atom. The Morgan fingerprint density at radius 3 is 2.00 bits per heavy atom. The van der Waals surface area contributed by atoms with E-state index in [1.165, 1.54) is 0 Å². The minimum atomic E-state index is -1.71. The first kappa shape index (κ1) is 15.5. The minimum Gasteiger partial charge on any atom is -0.544 e. The van der Waals surface area contributed by atoms with Crippen LogP contribution >= 0.6 is 0 Å². The molecule has 0 N–H and O–H groups in total. The lowest BCUT2D eigenvalue weighted by Crippen LogP contribution is -2.47. The van der Waals surface area contributed by atoms with Gasteiger partial charge in [0.1, 0.15) is 5.75 Å². The van der Waals surface area contributed by atoms with Crippen LogP contribution in [-0.4, -0.2) is 22.7 Å². The second-order valence-corrected chi connectivity index (χ2v) is 15.2. The Kier molecular flexibility index (Phi) is 5.19. The molecule has 1 aromatic rings.